The Morgan fingerprint density at radius 1 is 1.39 bits per heavy atom. The van der Waals surface area contributed by atoms with E-state index < -0.39 is 9.84 Å². The van der Waals surface area contributed by atoms with Crippen LogP contribution >= 0.6 is 0 Å². The molecule has 2 fully saturated rings. The largest absolute Gasteiger partial charge is 0.333 e. The minimum Gasteiger partial charge on any atom is -0.333 e. The molecule has 3 rings (SSSR count). The first-order valence-corrected chi connectivity index (χ1v) is 8.37. The molecule has 1 aliphatic heterocycles. The highest BCUT2D eigenvalue weighted by Gasteiger charge is 2.28. The maximum absolute atomic E-state index is 11.4. The van der Waals surface area contributed by atoms with Gasteiger partial charge in [-0.1, -0.05) is 0 Å². The van der Waals surface area contributed by atoms with Crippen LogP contribution in [0.15, 0.2) is 12.5 Å². The molecule has 1 aliphatic carbocycles. The van der Waals surface area contributed by atoms with E-state index in [1.807, 2.05) is 12.5 Å². The van der Waals surface area contributed by atoms with Gasteiger partial charge in [0.05, 0.1) is 23.5 Å². The van der Waals surface area contributed by atoms with Crippen molar-refractivity contribution in [2.75, 3.05) is 11.5 Å². The Labute approximate surface area is 108 Å². The summed E-state index contributed by atoms with van der Waals surface area (Å²) in [7, 11) is -2.78. The first-order chi connectivity index (χ1) is 8.62. The van der Waals surface area contributed by atoms with Gasteiger partial charge >= 0.3 is 0 Å². The molecule has 0 spiro atoms. The fraction of sp³-hybridized carbons (Fsp3) is 0.750. The van der Waals surface area contributed by atoms with Crippen molar-refractivity contribution in [2.45, 2.75) is 38.4 Å². The molecule has 1 atom stereocenters. The van der Waals surface area contributed by atoms with Crippen molar-refractivity contribution in [3.05, 3.63) is 18.2 Å². The zero-order chi connectivity index (χ0) is 12.6. The summed E-state index contributed by atoms with van der Waals surface area (Å²) in [6.07, 6.45) is 7.02. The van der Waals surface area contributed by atoms with E-state index in [-0.39, 0.29) is 5.92 Å². The molecule has 0 radical (unpaired) electrons. The van der Waals surface area contributed by atoms with Crippen LogP contribution in [0.3, 0.4) is 0 Å². The SMILES string of the molecule is O=S1(=O)CCC(Cn2cncc2CNC2CC2)C1. The van der Waals surface area contributed by atoms with Gasteiger partial charge in [0.25, 0.3) is 0 Å². The smallest absolute Gasteiger partial charge is 0.150 e. The van der Waals surface area contributed by atoms with Crippen LogP contribution in [0.4, 0.5) is 0 Å². The Hall–Kier alpha value is -0.880. The van der Waals surface area contributed by atoms with Crippen molar-refractivity contribution in [1.82, 2.24) is 14.9 Å². The molecule has 1 N–H and O–H groups in total. The molecule has 1 saturated heterocycles. The molecule has 5 nitrogen and oxygen atoms in total. The van der Waals surface area contributed by atoms with Crippen LogP contribution in [0.25, 0.3) is 0 Å². The van der Waals surface area contributed by atoms with E-state index in [1.165, 1.54) is 12.8 Å². The average Bonchev–Trinajstić information content (AvgIpc) is 2.94. The Morgan fingerprint density at radius 2 is 2.22 bits per heavy atom. The standard InChI is InChI=1S/C12H19N3O2S/c16-18(17)4-3-10(8-18)7-15-9-13-5-12(15)6-14-11-1-2-11/h5,9-11,14H,1-4,6-8H2. The topological polar surface area (TPSA) is 64.0 Å². The monoisotopic (exact) mass is 269 g/mol. The summed E-state index contributed by atoms with van der Waals surface area (Å²) >= 11 is 0. The predicted molar refractivity (Wildman–Crippen MR) is 68.8 cm³/mol. The maximum atomic E-state index is 11.4. The van der Waals surface area contributed by atoms with Gasteiger partial charge < -0.3 is 9.88 Å². The molecule has 2 heterocycles. The molecule has 1 unspecified atom stereocenters. The number of nitrogens with zero attached hydrogens (tertiary/aromatic N) is 2. The highest BCUT2D eigenvalue weighted by Crippen LogP contribution is 2.22. The van der Waals surface area contributed by atoms with Gasteiger partial charge in [-0.15, -0.1) is 0 Å². The van der Waals surface area contributed by atoms with Gasteiger partial charge in [-0.3, -0.25) is 0 Å². The summed E-state index contributed by atoms with van der Waals surface area (Å²) in [6.45, 7) is 1.62. The van der Waals surface area contributed by atoms with Crippen LogP contribution in [0.5, 0.6) is 0 Å². The van der Waals surface area contributed by atoms with E-state index in [4.69, 9.17) is 0 Å². The van der Waals surface area contributed by atoms with Crippen LogP contribution in [0.2, 0.25) is 0 Å². The van der Waals surface area contributed by atoms with E-state index in [1.54, 1.807) is 0 Å². The van der Waals surface area contributed by atoms with E-state index in [9.17, 15) is 8.42 Å². The van der Waals surface area contributed by atoms with Gasteiger partial charge in [0.15, 0.2) is 9.84 Å². The minimum atomic E-state index is -2.78. The average molecular weight is 269 g/mol. The lowest BCUT2D eigenvalue weighted by atomic mass is 10.1. The maximum Gasteiger partial charge on any atom is 0.150 e. The van der Waals surface area contributed by atoms with E-state index in [0.29, 0.717) is 17.5 Å². The van der Waals surface area contributed by atoms with Crippen molar-refractivity contribution >= 4 is 9.84 Å². The van der Waals surface area contributed by atoms with Gasteiger partial charge in [0.1, 0.15) is 0 Å². The Bertz CT molecular complexity index is 519. The zero-order valence-electron chi connectivity index (χ0n) is 10.4. The van der Waals surface area contributed by atoms with Crippen LogP contribution in [0, 0.1) is 5.92 Å². The second-order valence-corrected chi connectivity index (χ2v) is 7.69. The van der Waals surface area contributed by atoms with Gasteiger partial charge in [-0.2, -0.15) is 0 Å². The Morgan fingerprint density at radius 3 is 2.89 bits per heavy atom. The molecule has 18 heavy (non-hydrogen) atoms. The van der Waals surface area contributed by atoms with Crippen LogP contribution in [-0.2, 0) is 22.9 Å². The van der Waals surface area contributed by atoms with E-state index in [2.05, 4.69) is 14.9 Å². The number of rotatable bonds is 5. The number of aromatic nitrogens is 2. The highest BCUT2D eigenvalue weighted by atomic mass is 32.2. The number of imidazole rings is 1. The van der Waals surface area contributed by atoms with E-state index in [0.717, 1.165) is 25.2 Å². The molecule has 1 aromatic rings. The summed E-state index contributed by atoms with van der Waals surface area (Å²) in [4.78, 5) is 4.17. The van der Waals surface area contributed by atoms with Crippen LogP contribution in [-0.4, -0.2) is 35.5 Å². The number of hydrogen-bond donors (Lipinski definition) is 1. The van der Waals surface area contributed by atoms with Crippen molar-refractivity contribution < 1.29 is 8.42 Å². The third kappa shape index (κ3) is 2.92. The fourth-order valence-electron chi connectivity index (χ4n) is 2.49. The van der Waals surface area contributed by atoms with Gasteiger partial charge in [-0.05, 0) is 25.2 Å². The summed E-state index contributed by atoms with van der Waals surface area (Å²) in [5, 5.41) is 3.46. The quantitative estimate of drug-likeness (QED) is 0.849. The molecule has 0 amide bonds. The number of sulfone groups is 1. The van der Waals surface area contributed by atoms with Crippen molar-refractivity contribution in [2.24, 2.45) is 5.92 Å². The molecule has 0 aromatic carbocycles. The van der Waals surface area contributed by atoms with Gasteiger partial charge in [-0.25, -0.2) is 13.4 Å². The number of hydrogen-bond acceptors (Lipinski definition) is 4. The summed E-state index contributed by atoms with van der Waals surface area (Å²) in [5.74, 6) is 0.937. The summed E-state index contributed by atoms with van der Waals surface area (Å²) in [6, 6.07) is 0.681. The molecule has 6 heteroatoms. The van der Waals surface area contributed by atoms with Crippen molar-refractivity contribution in [3.63, 3.8) is 0 Å². The van der Waals surface area contributed by atoms with Crippen LogP contribution < -0.4 is 5.32 Å². The normalized spacial score (nSPS) is 26.6. The molecular formula is C12H19N3O2S. The Balaban J connectivity index is 1.60. The highest BCUT2D eigenvalue weighted by molar-refractivity contribution is 7.91. The molecule has 0 bridgehead atoms. The van der Waals surface area contributed by atoms with Gasteiger partial charge in [0.2, 0.25) is 0 Å². The predicted octanol–water partition coefficient (Wildman–Crippen LogP) is 0.570. The lowest BCUT2D eigenvalue weighted by Crippen LogP contribution is -2.20. The molecule has 1 aromatic heterocycles. The first-order valence-electron chi connectivity index (χ1n) is 6.55. The third-order valence-corrected chi connectivity index (χ3v) is 5.57. The van der Waals surface area contributed by atoms with Crippen molar-refractivity contribution in [1.29, 1.82) is 0 Å². The lowest BCUT2D eigenvalue weighted by molar-refractivity contribution is 0.473. The second-order valence-electron chi connectivity index (χ2n) is 5.46. The summed E-state index contributed by atoms with van der Waals surface area (Å²) < 4.78 is 25.0. The van der Waals surface area contributed by atoms with Gasteiger partial charge in [0, 0.05) is 25.3 Å². The second kappa shape index (κ2) is 4.66. The molecule has 1 saturated carbocycles. The van der Waals surface area contributed by atoms with E-state index >= 15 is 0 Å². The molecule has 2 aliphatic rings. The first kappa shape index (κ1) is 12.2. The third-order valence-electron chi connectivity index (χ3n) is 3.73. The fourth-order valence-corrected chi connectivity index (χ4v) is 4.34. The Kier molecular flexibility index (Phi) is 3.15. The molecule has 100 valence electrons. The minimum absolute atomic E-state index is 0.254. The number of nitrogens with one attached hydrogen (secondary N) is 1. The van der Waals surface area contributed by atoms with Crippen molar-refractivity contribution in [3.8, 4) is 0 Å². The zero-order valence-corrected chi connectivity index (χ0v) is 11.2. The lowest BCUT2D eigenvalue weighted by Gasteiger charge is -2.12. The summed E-state index contributed by atoms with van der Waals surface area (Å²) in [5.41, 5.74) is 1.16. The van der Waals surface area contributed by atoms with Crippen LogP contribution in [0.1, 0.15) is 25.0 Å². The molecular weight excluding hydrogens is 250 g/mol.